The van der Waals surface area contributed by atoms with Crippen molar-refractivity contribution < 1.29 is 9.53 Å². The summed E-state index contributed by atoms with van der Waals surface area (Å²) < 4.78 is 5.89. The molecule has 1 N–H and O–H groups in total. The van der Waals surface area contributed by atoms with E-state index in [9.17, 15) is 4.79 Å². The zero-order chi connectivity index (χ0) is 23.5. The molecule has 2 aliphatic heterocycles. The number of nitrogens with zero attached hydrogens (tertiary/aromatic N) is 2. The minimum atomic E-state index is -0.00494. The first-order valence-electron chi connectivity index (χ1n) is 12.5. The maximum absolute atomic E-state index is 13.3. The van der Waals surface area contributed by atoms with Crippen LogP contribution in [0.1, 0.15) is 37.7 Å². The Bertz CT molecular complexity index is 990. The molecule has 1 amide bonds. The number of anilines is 1. The summed E-state index contributed by atoms with van der Waals surface area (Å²) in [5.41, 5.74) is 2.25. The second-order valence-electron chi connectivity index (χ2n) is 9.91. The van der Waals surface area contributed by atoms with Crippen molar-refractivity contribution in [2.24, 2.45) is 5.92 Å². The Morgan fingerprint density at radius 1 is 1.03 bits per heavy atom. The van der Waals surface area contributed by atoms with Crippen molar-refractivity contribution in [2.45, 2.75) is 50.7 Å². The van der Waals surface area contributed by atoms with Crippen LogP contribution in [0.2, 0.25) is 10.0 Å². The molecule has 0 aromatic heterocycles. The molecule has 5 nitrogen and oxygen atoms in total. The summed E-state index contributed by atoms with van der Waals surface area (Å²) in [6.45, 7) is 4.71. The van der Waals surface area contributed by atoms with Gasteiger partial charge in [0, 0.05) is 36.4 Å². The second-order valence-corrected chi connectivity index (χ2v) is 10.8. The third-order valence-electron chi connectivity index (χ3n) is 7.07. The zero-order valence-corrected chi connectivity index (χ0v) is 21.0. The predicted octanol–water partition coefficient (Wildman–Crippen LogP) is 5.18. The van der Waals surface area contributed by atoms with Crippen molar-refractivity contribution in [1.29, 1.82) is 0 Å². The molecule has 3 fully saturated rings. The number of likely N-dealkylation sites (tertiary alicyclic amines) is 1. The van der Waals surface area contributed by atoms with Gasteiger partial charge in [0.1, 0.15) is 5.75 Å². The van der Waals surface area contributed by atoms with Crippen LogP contribution in [0.3, 0.4) is 0 Å². The summed E-state index contributed by atoms with van der Waals surface area (Å²) in [7, 11) is 0. The van der Waals surface area contributed by atoms with E-state index in [0.29, 0.717) is 11.1 Å². The van der Waals surface area contributed by atoms with Crippen molar-refractivity contribution >= 4 is 34.8 Å². The first kappa shape index (κ1) is 23.8. The molecule has 1 unspecified atom stereocenters. The van der Waals surface area contributed by atoms with E-state index in [0.717, 1.165) is 80.4 Å². The highest BCUT2D eigenvalue weighted by Gasteiger charge is 2.30. The normalized spacial score (nSPS) is 21.6. The third kappa shape index (κ3) is 6.18. The minimum Gasteiger partial charge on any atom is -0.489 e. The van der Waals surface area contributed by atoms with Crippen LogP contribution in [0.25, 0.3) is 0 Å². The lowest BCUT2D eigenvalue weighted by Crippen LogP contribution is -2.46. The molecule has 0 spiro atoms. The summed E-state index contributed by atoms with van der Waals surface area (Å²) >= 11 is 12.5. The Labute approximate surface area is 212 Å². The average Bonchev–Trinajstić information content (AvgIpc) is 3.26. The topological polar surface area (TPSA) is 44.8 Å². The van der Waals surface area contributed by atoms with E-state index >= 15 is 0 Å². The molecule has 2 heterocycles. The highest BCUT2D eigenvalue weighted by molar-refractivity contribution is 6.32. The van der Waals surface area contributed by atoms with Crippen LogP contribution in [0.4, 0.5) is 5.69 Å². The summed E-state index contributed by atoms with van der Waals surface area (Å²) in [4.78, 5) is 18.0. The fourth-order valence-corrected chi connectivity index (χ4v) is 5.41. The second kappa shape index (κ2) is 10.8. The number of carbonyl (C=O) groups excluding carboxylic acids is 1. The van der Waals surface area contributed by atoms with Gasteiger partial charge in [0.25, 0.3) is 0 Å². The Morgan fingerprint density at radius 2 is 1.79 bits per heavy atom. The molecule has 34 heavy (non-hydrogen) atoms. The van der Waals surface area contributed by atoms with Crippen molar-refractivity contribution in [1.82, 2.24) is 10.2 Å². The number of ether oxygens (including phenoxy) is 1. The fraction of sp³-hybridized carbons (Fsp3) is 0.519. The number of amides is 1. The lowest BCUT2D eigenvalue weighted by atomic mass is 10.0. The average molecular weight is 502 g/mol. The molecular weight excluding hydrogens is 469 g/mol. The smallest absolute Gasteiger partial charge is 0.225 e. The van der Waals surface area contributed by atoms with Crippen LogP contribution in [-0.2, 0) is 11.2 Å². The van der Waals surface area contributed by atoms with E-state index in [1.165, 1.54) is 12.8 Å². The molecule has 2 aromatic carbocycles. The number of halogens is 2. The Morgan fingerprint density at radius 3 is 2.50 bits per heavy atom. The van der Waals surface area contributed by atoms with Gasteiger partial charge in [-0.2, -0.15) is 0 Å². The van der Waals surface area contributed by atoms with Crippen LogP contribution in [0, 0.1) is 5.92 Å². The quantitative estimate of drug-likeness (QED) is 0.513. The highest BCUT2D eigenvalue weighted by Crippen LogP contribution is 2.33. The Kier molecular flexibility index (Phi) is 7.52. The lowest BCUT2D eigenvalue weighted by molar-refractivity contribution is -0.125. The molecule has 7 heteroatoms. The molecule has 182 valence electrons. The maximum Gasteiger partial charge on any atom is 0.225 e. The van der Waals surface area contributed by atoms with Gasteiger partial charge < -0.3 is 19.9 Å². The van der Waals surface area contributed by atoms with Crippen LogP contribution in [0.5, 0.6) is 5.75 Å². The van der Waals surface area contributed by atoms with E-state index < -0.39 is 0 Å². The van der Waals surface area contributed by atoms with E-state index in [4.69, 9.17) is 27.9 Å². The Balaban J connectivity index is 1.22. The minimum absolute atomic E-state index is 0.00494. The molecule has 5 rings (SSSR count). The van der Waals surface area contributed by atoms with Crippen molar-refractivity contribution in [2.75, 3.05) is 37.6 Å². The number of hydrogen-bond acceptors (Lipinski definition) is 4. The first-order valence-corrected chi connectivity index (χ1v) is 13.3. The molecule has 0 radical (unpaired) electrons. The van der Waals surface area contributed by atoms with Crippen molar-refractivity contribution in [3.63, 3.8) is 0 Å². The van der Waals surface area contributed by atoms with Gasteiger partial charge in [-0.1, -0.05) is 29.3 Å². The van der Waals surface area contributed by atoms with Crippen LogP contribution in [0.15, 0.2) is 42.5 Å². The number of benzene rings is 2. The van der Waals surface area contributed by atoms with E-state index in [-0.39, 0.29) is 17.9 Å². The number of hydrogen-bond donors (Lipinski definition) is 1. The van der Waals surface area contributed by atoms with E-state index in [1.807, 2.05) is 36.4 Å². The van der Waals surface area contributed by atoms with Crippen LogP contribution >= 0.6 is 23.2 Å². The predicted molar refractivity (Wildman–Crippen MR) is 138 cm³/mol. The standard InChI is InChI=1S/C27H33Cl2N3O2/c28-21-4-6-23(7-5-21)32-14-11-20(17-32)27(33)30-22(18-31-12-1-2-13-31)15-19-3-10-26(25(29)16-19)34-24-8-9-24/h3-7,10,16,20,22,24H,1-2,8-9,11-15,17-18H2,(H,30,33)/t20-,22?/m1/s1. The van der Waals surface area contributed by atoms with Gasteiger partial charge in [0.05, 0.1) is 17.0 Å². The fourth-order valence-electron chi connectivity index (χ4n) is 5.03. The van der Waals surface area contributed by atoms with Gasteiger partial charge in [-0.15, -0.1) is 0 Å². The maximum atomic E-state index is 13.3. The molecule has 3 aliphatic rings. The van der Waals surface area contributed by atoms with Gasteiger partial charge >= 0.3 is 0 Å². The van der Waals surface area contributed by atoms with Gasteiger partial charge in [-0.25, -0.2) is 0 Å². The monoisotopic (exact) mass is 501 g/mol. The summed E-state index contributed by atoms with van der Waals surface area (Å²) in [5, 5.41) is 4.78. The van der Waals surface area contributed by atoms with Crippen LogP contribution in [-0.4, -0.2) is 55.7 Å². The van der Waals surface area contributed by atoms with E-state index in [2.05, 4.69) is 21.2 Å². The highest BCUT2D eigenvalue weighted by atomic mass is 35.5. The molecule has 1 saturated carbocycles. The van der Waals surface area contributed by atoms with Gasteiger partial charge in [-0.3, -0.25) is 4.79 Å². The van der Waals surface area contributed by atoms with Crippen LogP contribution < -0.4 is 15.0 Å². The number of nitrogens with one attached hydrogen (secondary N) is 1. The van der Waals surface area contributed by atoms with Gasteiger partial charge in [0.15, 0.2) is 0 Å². The van der Waals surface area contributed by atoms with Gasteiger partial charge in [0.2, 0.25) is 5.91 Å². The van der Waals surface area contributed by atoms with Gasteiger partial charge in [-0.05, 0) is 93.6 Å². The summed E-state index contributed by atoms with van der Waals surface area (Å²) in [6, 6.07) is 14.0. The number of carbonyl (C=O) groups is 1. The van der Waals surface area contributed by atoms with E-state index in [1.54, 1.807) is 0 Å². The Hall–Kier alpha value is -1.95. The largest absolute Gasteiger partial charge is 0.489 e. The molecule has 1 aliphatic carbocycles. The third-order valence-corrected chi connectivity index (χ3v) is 7.62. The van der Waals surface area contributed by atoms with Crippen molar-refractivity contribution in [3.8, 4) is 5.75 Å². The zero-order valence-electron chi connectivity index (χ0n) is 19.5. The number of rotatable bonds is 9. The molecule has 2 saturated heterocycles. The molecule has 0 bridgehead atoms. The summed E-state index contributed by atoms with van der Waals surface area (Å²) in [5.74, 6) is 0.913. The first-order chi connectivity index (χ1) is 16.5. The molecule has 2 aromatic rings. The molecular formula is C27H33Cl2N3O2. The van der Waals surface area contributed by atoms with Crippen molar-refractivity contribution in [3.05, 3.63) is 58.1 Å². The SMILES string of the molecule is O=C(NC(Cc1ccc(OC2CC2)c(Cl)c1)CN1CCCC1)[C@@H]1CCN(c2ccc(Cl)cc2)C1. The molecule has 2 atom stereocenters. The summed E-state index contributed by atoms with van der Waals surface area (Å²) in [6.07, 6.45) is 6.64. The lowest BCUT2D eigenvalue weighted by Gasteiger charge is -2.26.